The van der Waals surface area contributed by atoms with E-state index in [1.54, 1.807) is 7.11 Å². The molecule has 3 N–H and O–H groups in total. The van der Waals surface area contributed by atoms with Crippen LogP contribution in [0.2, 0.25) is 0 Å². The van der Waals surface area contributed by atoms with E-state index >= 15 is 0 Å². The van der Waals surface area contributed by atoms with E-state index in [9.17, 15) is 10.2 Å². The van der Waals surface area contributed by atoms with Crippen LogP contribution in [0.25, 0.3) is 0 Å². The van der Waals surface area contributed by atoms with Gasteiger partial charge in [-0.1, -0.05) is 0 Å². The minimum Gasteiger partial charge on any atom is -0.394 e. The molecule has 0 aliphatic carbocycles. The lowest BCUT2D eigenvalue weighted by molar-refractivity contribution is -0.258. The molecule has 15 heavy (non-hydrogen) atoms. The third kappa shape index (κ3) is 3.67. The summed E-state index contributed by atoms with van der Waals surface area (Å²) in [6.45, 7) is 0.437. The molecule has 0 bridgehead atoms. The van der Waals surface area contributed by atoms with Crippen molar-refractivity contribution in [2.45, 2.75) is 31.0 Å². The summed E-state index contributed by atoms with van der Waals surface area (Å²) in [5.41, 5.74) is 0. The van der Waals surface area contributed by atoms with Crippen LogP contribution in [0.15, 0.2) is 0 Å². The number of aliphatic hydroxyl groups is 3. The number of hydrogen-bond acceptors (Lipinski definition) is 6. The molecule has 0 saturated carbocycles. The van der Waals surface area contributed by atoms with Gasteiger partial charge in [-0.15, -0.1) is 0 Å². The van der Waals surface area contributed by atoms with Crippen LogP contribution in [0.5, 0.6) is 0 Å². The maximum absolute atomic E-state index is 9.45. The number of methoxy groups -OCH3 is 1. The van der Waals surface area contributed by atoms with E-state index in [-0.39, 0.29) is 13.0 Å². The maximum atomic E-state index is 9.45. The number of rotatable bonds is 5. The second-order valence-corrected chi connectivity index (χ2v) is 3.44. The Morgan fingerprint density at radius 3 is 2.67 bits per heavy atom. The molecule has 4 atom stereocenters. The smallest absolute Gasteiger partial charge is 0.160 e. The minimum absolute atomic E-state index is 0.196. The van der Waals surface area contributed by atoms with Gasteiger partial charge in [-0.05, 0) is 0 Å². The minimum atomic E-state index is -1.06. The molecule has 1 rings (SSSR count). The Morgan fingerprint density at radius 2 is 2.07 bits per heavy atom. The Kier molecular flexibility index (Phi) is 5.44. The van der Waals surface area contributed by atoms with Crippen molar-refractivity contribution < 1.29 is 29.5 Å². The first-order chi connectivity index (χ1) is 7.19. The highest BCUT2D eigenvalue weighted by atomic mass is 16.7. The summed E-state index contributed by atoms with van der Waals surface area (Å²) in [5, 5.41) is 27.8. The summed E-state index contributed by atoms with van der Waals surface area (Å²) in [6.07, 6.45) is -3.18. The number of aliphatic hydroxyl groups excluding tert-OH is 3. The first-order valence-electron chi connectivity index (χ1n) is 4.92. The standard InChI is InChI=1S/C9H18O6/c1-13-2-3-14-8-4-6(11)9(12)7(5-10)15-8/h6-12H,2-5H2,1H3. The first-order valence-corrected chi connectivity index (χ1v) is 4.92. The molecular formula is C9H18O6. The molecule has 90 valence electrons. The zero-order valence-electron chi connectivity index (χ0n) is 8.70. The molecule has 1 aliphatic heterocycles. The SMILES string of the molecule is COCCOC1CC(O)C(O)C(CO)O1. The van der Waals surface area contributed by atoms with Gasteiger partial charge in [0.15, 0.2) is 6.29 Å². The lowest BCUT2D eigenvalue weighted by Crippen LogP contribution is -2.50. The highest BCUT2D eigenvalue weighted by Gasteiger charge is 2.36. The number of ether oxygens (including phenoxy) is 3. The lowest BCUT2D eigenvalue weighted by atomic mass is 10.0. The molecule has 0 amide bonds. The normalized spacial score (nSPS) is 36.8. The molecule has 1 saturated heterocycles. The van der Waals surface area contributed by atoms with Crippen molar-refractivity contribution in [3.8, 4) is 0 Å². The van der Waals surface area contributed by atoms with Gasteiger partial charge >= 0.3 is 0 Å². The Balaban J connectivity index is 2.34. The molecule has 4 unspecified atom stereocenters. The van der Waals surface area contributed by atoms with Crippen LogP contribution in [-0.2, 0) is 14.2 Å². The van der Waals surface area contributed by atoms with Gasteiger partial charge in [0.25, 0.3) is 0 Å². The summed E-state index contributed by atoms with van der Waals surface area (Å²) < 4.78 is 15.3. The van der Waals surface area contributed by atoms with E-state index in [0.717, 1.165) is 0 Å². The third-order valence-electron chi connectivity index (χ3n) is 2.31. The molecule has 0 aromatic carbocycles. The average Bonchev–Trinajstić information content (AvgIpc) is 2.23. The van der Waals surface area contributed by atoms with Gasteiger partial charge < -0.3 is 29.5 Å². The van der Waals surface area contributed by atoms with Gasteiger partial charge in [0.1, 0.15) is 12.2 Å². The van der Waals surface area contributed by atoms with E-state index in [2.05, 4.69) is 0 Å². The fourth-order valence-electron chi connectivity index (χ4n) is 1.44. The second kappa shape index (κ2) is 6.37. The van der Waals surface area contributed by atoms with E-state index in [4.69, 9.17) is 19.3 Å². The fourth-order valence-corrected chi connectivity index (χ4v) is 1.44. The van der Waals surface area contributed by atoms with Crippen LogP contribution in [0.1, 0.15) is 6.42 Å². The molecule has 1 heterocycles. The average molecular weight is 222 g/mol. The monoisotopic (exact) mass is 222 g/mol. The Hall–Kier alpha value is -0.240. The number of hydrogen-bond donors (Lipinski definition) is 3. The van der Waals surface area contributed by atoms with Crippen LogP contribution < -0.4 is 0 Å². The van der Waals surface area contributed by atoms with E-state index < -0.39 is 24.6 Å². The van der Waals surface area contributed by atoms with Crippen molar-refractivity contribution in [1.82, 2.24) is 0 Å². The van der Waals surface area contributed by atoms with E-state index in [1.165, 1.54) is 0 Å². The van der Waals surface area contributed by atoms with Gasteiger partial charge in [-0.2, -0.15) is 0 Å². The van der Waals surface area contributed by atoms with Gasteiger partial charge in [-0.3, -0.25) is 0 Å². The predicted octanol–water partition coefficient (Wildman–Crippen LogP) is -1.52. The van der Waals surface area contributed by atoms with Crippen LogP contribution in [0.3, 0.4) is 0 Å². The van der Waals surface area contributed by atoms with Crippen molar-refractivity contribution in [3.63, 3.8) is 0 Å². The van der Waals surface area contributed by atoms with Crippen molar-refractivity contribution in [3.05, 3.63) is 0 Å². The molecule has 0 spiro atoms. The summed E-state index contributed by atoms with van der Waals surface area (Å²) in [7, 11) is 1.56. The summed E-state index contributed by atoms with van der Waals surface area (Å²) in [6, 6.07) is 0. The van der Waals surface area contributed by atoms with Crippen LogP contribution in [0.4, 0.5) is 0 Å². The van der Waals surface area contributed by atoms with Gasteiger partial charge in [-0.25, -0.2) is 0 Å². The molecule has 1 fully saturated rings. The fraction of sp³-hybridized carbons (Fsp3) is 1.00. The predicted molar refractivity (Wildman–Crippen MR) is 50.2 cm³/mol. The Morgan fingerprint density at radius 1 is 1.33 bits per heavy atom. The molecule has 0 radical (unpaired) electrons. The summed E-state index contributed by atoms with van der Waals surface area (Å²) in [5.74, 6) is 0. The zero-order chi connectivity index (χ0) is 11.3. The molecule has 6 nitrogen and oxygen atoms in total. The van der Waals surface area contributed by atoms with Crippen molar-refractivity contribution in [1.29, 1.82) is 0 Å². The summed E-state index contributed by atoms with van der Waals surface area (Å²) >= 11 is 0. The van der Waals surface area contributed by atoms with Gasteiger partial charge in [0.2, 0.25) is 0 Å². The van der Waals surface area contributed by atoms with Gasteiger partial charge in [0, 0.05) is 13.5 Å². The lowest BCUT2D eigenvalue weighted by Gasteiger charge is -2.35. The molecular weight excluding hydrogens is 204 g/mol. The van der Waals surface area contributed by atoms with E-state index in [0.29, 0.717) is 13.2 Å². The van der Waals surface area contributed by atoms with Crippen molar-refractivity contribution in [2.24, 2.45) is 0 Å². The Bertz CT molecular complexity index is 176. The highest BCUT2D eigenvalue weighted by molar-refractivity contribution is 4.82. The van der Waals surface area contributed by atoms with E-state index in [1.807, 2.05) is 0 Å². The molecule has 0 aromatic rings. The van der Waals surface area contributed by atoms with Crippen LogP contribution >= 0.6 is 0 Å². The molecule has 6 heteroatoms. The van der Waals surface area contributed by atoms with Gasteiger partial charge in [0.05, 0.1) is 25.9 Å². The molecule has 1 aliphatic rings. The van der Waals surface area contributed by atoms with Crippen molar-refractivity contribution in [2.75, 3.05) is 26.9 Å². The third-order valence-corrected chi connectivity index (χ3v) is 2.31. The first kappa shape index (κ1) is 12.8. The largest absolute Gasteiger partial charge is 0.394 e. The summed E-state index contributed by atoms with van der Waals surface area (Å²) in [4.78, 5) is 0. The quantitative estimate of drug-likeness (QED) is 0.490. The molecule has 0 aromatic heterocycles. The zero-order valence-corrected chi connectivity index (χ0v) is 8.70. The highest BCUT2D eigenvalue weighted by Crippen LogP contribution is 2.20. The topological polar surface area (TPSA) is 88.4 Å². The Labute approximate surface area is 88.4 Å². The second-order valence-electron chi connectivity index (χ2n) is 3.44. The maximum Gasteiger partial charge on any atom is 0.160 e. The van der Waals surface area contributed by atoms with Crippen LogP contribution in [0, 0.1) is 0 Å². The van der Waals surface area contributed by atoms with Crippen molar-refractivity contribution >= 4 is 0 Å². The van der Waals surface area contributed by atoms with Crippen LogP contribution in [-0.4, -0.2) is 66.9 Å².